The van der Waals surface area contributed by atoms with E-state index in [1.54, 1.807) is 12.1 Å². The van der Waals surface area contributed by atoms with Crippen LogP contribution < -0.4 is 10.1 Å². The van der Waals surface area contributed by atoms with Crippen molar-refractivity contribution < 1.29 is 18.3 Å². The summed E-state index contributed by atoms with van der Waals surface area (Å²) in [6, 6.07) is 6.40. The topological polar surface area (TPSA) is 44.8 Å². The summed E-state index contributed by atoms with van der Waals surface area (Å²) in [5.74, 6) is 0.108. The van der Waals surface area contributed by atoms with Crippen molar-refractivity contribution in [1.29, 1.82) is 0 Å². The minimum absolute atomic E-state index is 0.0954. The second-order valence-corrected chi connectivity index (χ2v) is 6.32. The van der Waals surface area contributed by atoms with Crippen molar-refractivity contribution in [2.24, 2.45) is 0 Å². The van der Waals surface area contributed by atoms with Gasteiger partial charge in [0.15, 0.2) is 0 Å². The summed E-state index contributed by atoms with van der Waals surface area (Å²) in [4.78, 5) is 16.4. The number of rotatable bonds is 5. The molecular weight excluding hydrogens is 316 g/mol. The number of piperidine rings is 1. The van der Waals surface area contributed by atoms with Crippen molar-refractivity contribution in [3.8, 4) is 5.75 Å². The van der Waals surface area contributed by atoms with Crippen molar-refractivity contribution in [2.45, 2.75) is 38.5 Å². The minimum atomic E-state index is -2.84. The number of carbonyl (C=O) groups is 1. The number of benzene rings is 1. The van der Waals surface area contributed by atoms with Gasteiger partial charge in [-0.15, -0.1) is 0 Å². The number of alkyl halides is 2. The Labute approximate surface area is 141 Å². The SMILES string of the molecule is C[C@H](NC(=O)N1CCC[C@H](N(C)C)C1)c1ccc(OC(F)F)cc1. The number of hydrogen-bond acceptors (Lipinski definition) is 3. The molecule has 24 heavy (non-hydrogen) atoms. The number of likely N-dealkylation sites (N-methyl/N-ethyl adjacent to an activating group) is 1. The normalized spacial score (nSPS) is 19.5. The number of amides is 2. The second-order valence-electron chi connectivity index (χ2n) is 6.32. The maximum Gasteiger partial charge on any atom is 0.387 e. The summed E-state index contributed by atoms with van der Waals surface area (Å²) in [6.07, 6.45) is 2.09. The zero-order valence-corrected chi connectivity index (χ0v) is 14.3. The molecule has 5 nitrogen and oxygen atoms in total. The van der Waals surface area contributed by atoms with Crippen molar-refractivity contribution in [3.05, 3.63) is 29.8 Å². The molecule has 2 amide bonds. The average Bonchev–Trinajstić information content (AvgIpc) is 2.55. The number of likely N-dealkylation sites (tertiary alicyclic amines) is 1. The fourth-order valence-electron chi connectivity index (χ4n) is 2.86. The summed E-state index contributed by atoms with van der Waals surface area (Å²) >= 11 is 0. The Morgan fingerprint density at radius 3 is 2.58 bits per heavy atom. The first-order valence-corrected chi connectivity index (χ1v) is 8.13. The molecule has 2 atom stereocenters. The molecule has 0 bridgehead atoms. The average molecular weight is 341 g/mol. The third-order valence-corrected chi connectivity index (χ3v) is 4.36. The van der Waals surface area contributed by atoms with Gasteiger partial charge in [0, 0.05) is 19.1 Å². The Hall–Kier alpha value is -1.89. The Bertz CT molecular complexity index is 537. The van der Waals surface area contributed by atoms with E-state index in [1.165, 1.54) is 12.1 Å². The molecule has 2 rings (SSSR count). The summed E-state index contributed by atoms with van der Waals surface area (Å²) in [5.41, 5.74) is 0.839. The number of ether oxygens (including phenoxy) is 1. The molecule has 1 aromatic rings. The predicted molar refractivity (Wildman–Crippen MR) is 88.3 cm³/mol. The smallest absolute Gasteiger partial charge is 0.387 e. The van der Waals surface area contributed by atoms with E-state index in [2.05, 4.69) is 15.0 Å². The van der Waals surface area contributed by atoms with Crippen LogP contribution in [0.2, 0.25) is 0 Å². The second kappa shape index (κ2) is 8.28. The van der Waals surface area contributed by atoms with Gasteiger partial charge in [-0.1, -0.05) is 12.1 Å². The van der Waals surface area contributed by atoms with Gasteiger partial charge in [0.25, 0.3) is 0 Å². The van der Waals surface area contributed by atoms with Crippen LogP contribution in [0.5, 0.6) is 5.75 Å². The van der Waals surface area contributed by atoms with Crippen LogP contribution in [0.4, 0.5) is 13.6 Å². The molecule has 0 aliphatic carbocycles. The van der Waals surface area contributed by atoms with E-state index in [-0.39, 0.29) is 17.8 Å². The first kappa shape index (κ1) is 18.4. The summed E-state index contributed by atoms with van der Waals surface area (Å²) < 4.78 is 28.6. The van der Waals surface area contributed by atoms with Gasteiger partial charge in [0.2, 0.25) is 0 Å². The molecule has 0 saturated carbocycles. The fraction of sp³-hybridized carbons (Fsp3) is 0.588. The number of carbonyl (C=O) groups excluding carboxylic acids is 1. The molecule has 134 valence electrons. The molecule has 0 spiro atoms. The molecule has 1 aromatic carbocycles. The van der Waals surface area contributed by atoms with Crippen LogP contribution in [0, 0.1) is 0 Å². The Kier molecular flexibility index (Phi) is 6.36. The zero-order valence-electron chi connectivity index (χ0n) is 14.3. The van der Waals surface area contributed by atoms with Gasteiger partial charge in [0.05, 0.1) is 6.04 Å². The van der Waals surface area contributed by atoms with Gasteiger partial charge >= 0.3 is 12.6 Å². The van der Waals surface area contributed by atoms with Crippen LogP contribution in [-0.4, -0.2) is 55.7 Å². The van der Waals surface area contributed by atoms with E-state index in [9.17, 15) is 13.6 Å². The number of urea groups is 1. The molecule has 1 aliphatic heterocycles. The first-order valence-electron chi connectivity index (χ1n) is 8.13. The van der Waals surface area contributed by atoms with E-state index in [4.69, 9.17) is 0 Å². The summed E-state index contributed by atoms with van der Waals surface area (Å²) in [7, 11) is 4.05. The fourth-order valence-corrected chi connectivity index (χ4v) is 2.86. The standard InChI is InChI=1S/C17H25F2N3O2/c1-12(13-6-8-15(9-7-13)24-16(18)19)20-17(23)22-10-4-5-14(11-22)21(2)3/h6-9,12,14,16H,4-5,10-11H2,1-3H3,(H,20,23)/t12-,14-/m0/s1. The van der Waals surface area contributed by atoms with Crippen LogP contribution in [0.25, 0.3) is 0 Å². The Morgan fingerprint density at radius 1 is 1.33 bits per heavy atom. The molecule has 1 N–H and O–H groups in total. The van der Waals surface area contributed by atoms with Crippen molar-refractivity contribution in [2.75, 3.05) is 27.2 Å². The van der Waals surface area contributed by atoms with Crippen LogP contribution in [0.3, 0.4) is 0 Å². The highest BCUT2D eigenvalue weighted by Crippen LogP contribution is 2.20. The third-order valence-electron chi connectivity index (χ3n) is 4.36. The van der Waals surface area contributed by atoms with Gasteiger partial charge in [-0.05, 0) is 51.6 Å². The van der Waals surface area contributed by atoms with Gasteiger partial charge in [-0.2, -0.15) is 8.78 Å². The third kappa shape index (κ3) is 5.06. The number of hydrogen-bond donors (Lipinski definition) is 1. The zero-order chi connectivity index (χ0) is 17.7. The lowest BCUT2D eigenvalue weighted by Crippen LogP contribution is -2.51. The van der Waals surface area contributed by atoms with Crippen LogP contribution in [0.15, 0.2) is 24.3 Å². The molecular formula is C17H25F2N3O2. The van der Waals surface area contributed by atoms with Crippen molar-refractivity contribution >= 4 is 6.03 Å². The first-order chi connectivity index (χ1) is 11.4. The van der Waals surface area contributed by atoms with Gasteiger partial charge in [0.1, 0.15) is 5.75 Å². The van der Waals surface area contributed by atoms with E-state index in [0.29, 0.717) is 12.6 Å². The molecule has 7 heteroatoms. The van der Waals surface area contributed by atoms with Crippen molar-refractivity contribution in [1.82, 2.24) is 15.1 Å². The highest BCUT2D eigenvalue weighted by atomic mass is 19.3. The molecule has 0 aromatic heterocycles. The lowest BCUT2D eigenvalue weighted by Gasteiger charge is -2.36. The maximum atomic E-state index is 12.4. The van der Waals surface area contributed by atoms with Crippen LogP contribution in [-0.2, 0) is 0 Å². The minimum Gasteiger partial charge on any atom is -0.435 e. The number of nitrogens with zero attached hydrogens (tertiary/aromatic N) is 2. The molecule has 0 radical (unpaired) electrons. The van der Waals surface area contributed by atoms with Gasteiger partial charge < -0.3 is 19.9 Å². The quantitative estimate of drug-likeness (QED) is 0.895. The van der Waals surface area contributed by atoms with E-state index in [0.717, 1.165) is 24.9 Å². The largest absolute Gasteiger partial charge is 0.435 e. The van der Waals surface area contributed by atoms with Crippen LogP contribution in [0.1, 0.15) is 31.4 Å². The van der Waals surface area contributed by atoms with Crippen molar-refractivity contribution in [3.63, 3.8) is 0 Å². The summed E-state index contributed by atoms with van der Waals surface area (Å²) in [5, 5.41) is 2.97. The van der Waals surface area contributed by atoms with Gasteiger partial charge in [-0.25, -0.2) is 4.79 Å². The Morgan fingerprint density at radius 2 is 2.00 bits per heavy atom. The lowest BCUT2D eigenvalue weighted by molar-refractivity contribution is -0.0498. The van der Waals surface area contributed by atoms with E-state index >= 15 is 0 Å². The monoisotopic (exact) mass is 341 g/mol. The molecule has 1 fully saturated rings. The molecule has 0 unspecified atom stereocenters. The highest BCUT2D eigenvalue weighted by molar-refractivity contribution is 5.74. The van der Waals surface area contributed by atoms with E-state index < -0.39 is 6.61 Å². The van der Waals surface area contributed by atoms with Crippen LogP contribution >= 0.6 is 0 Å². The Balaban J connectivity index is 1.91. The number of halogens is 2. The molecule has 1 saturated heterocycles. The summed E-state index contributed by atoms with van der Waals surface area (Å²) in [6.45, 7) is 0.502. The molecule has 1 aliphatic rings. The predicted octanol–water partition coefficient (Wildman–Crippen LogP) is 3.08. The molecule has 1 heterocycles. The highest BCUT2D eigenvalue weighted by Gasteiger charge is 2.25. The number of nitrogens with one attached hydrogen (secondary N) is 1. The van der Waals surface area contributed by atoms with E-state index in [1.807, 2.05) is 25.9 Å². The maximum absolute atomic E-state index is 12.4. The lowest BCUT2D eigenvalue weighted by atomic mass is 10.1. The van der Waals surface area contributed by atoms with Gasteiger partial charge in [-0.3, -0.25) is 0 Å².